The third-order valence-corrected chi connectivity index (χ3v) is 1.56. The Morgan fingerprint density at radius 2 is 2.29 bits per heavy atom. The average Bonchev–Trinajstić information content (AvgIpc) is 2.72. The molecule has 17 heavy (non-hydrogen) atoms. The molecule has 7 nitrogen and oxygen atoms in total. The average molecular weight is 293 g/mol. The maximum Gasteiger partial charge on any atom is 0.320 e. The van der Waals surface area contributed by atoms with Gasteiger partial charge in [0.1, 0.15) is 6.04 Å². The number of carbonyl (C=O) groups is 1. The van der Waals surface area contributed by atoms with Gasteiger partial charge in [-0.15, -0.1) is 6.42 Å². The first-order valence-electron chi connectivity index (χ1n) is 4.62. The first-order valence-corrected chi connectivity index (χ1v) is 4.62. The number of aromatic amines is 1. The van der Waals surface area contributed by atoms with Crippen molar-refractivity contribution in [3.63, 3.8) is 0 Å². The van der Waals surface area contributed by atoms with Gasteiger partial charge in [0.25, 0.3) is 0 Å². The molecule has 92 valence electrons. The monoisotopic (exact) mass is 291 g/mol. The number of hydrogen-bond donors (Lipinski definition) is 4. The van der Waals surface area contributed by atoms with Gasteiger partial charge in [-0.05, 0) is 6.54 Å². The van der Waals surface area contributed by atoms with E-state index in [1.54, 1.807) is 12.5 Å². The van der Waals surface area contributed by atoms with Crippen LogP contribution in [0.15, 0.2) is 12.5 Å². The van der Waals surface area contributed by atoms with Gasteiger partial charge in [-0.2, -0.15) is 0 Å². The van der Waals surface area contributed by atoms with Gasteiger partial charge >= 0.3 is 5.97 Å². The summed E-state index contributed by atoms with van der Waals surface area (Å²) in [7, 11) is 0. The second kappa shape index (κ2) is 11.4. The van der Waals surface area contributed by atoms with Gasteiger partial charge in [-0.1, -0.05) is 0 Å². The van der Waals surface area contributed by atoms with Crippen LogP contribution in [-0.2, 0) is 35.5 Å². The molecule has 1 aromatic heterocycles. The van der Waals surface area contributed by atoms with Crippen molar-refractivity contribution in [2.24, 2.45) is 11.5 Å². The maximum absolute atomic E-state index is 10.3. The van der Waals surface area contributed by atoms with Crippen molar-refractivity contribution in [1.82, 2.24) is 9.97 Å². The Bertz CT molecular complexity index is 305. The van der Waals surface area contributed by atoms with Crippen LogP contribution in [0, 0.1) is 0 Å². The van der Waals surface area contributed by atoms with Crippen molar-refractivity contribution in [2.75, 3.05) is 6.54 Å². The van der Waals surface area contributed by atoms with Crippen molar-refractivity contribution in [3.8, 4) is 0 Å². The Morgan fingerprint density at radius 1 is 1.65 bits per heavy atom. The van der Waals surface area contributed by atoms with Crippen LogP contribution in [-0.4, -0.2) is 39.9 Å². The van der Waals surface area contributed by atoms with Crippen LogP contribution in [0.1, 0.15) is 12.1 Å². The number of carboxylic acid groups (broad SMARTS) is 1. The van der Waals surface area contributed by atoms with E-state index in [1.807, 2.05) is 0 Å². The minimum Gasteiger partial charge on any atom is -0.542 e. The molecule has 0 saturated heterocycles. The number of imidazole rings is 1. The molecular formula is C9H15N4O3Zn-. The third-order valence-electron chi connectivity index (χ3n) is 1.56. The Labute approximate surface area is 112 Å². The summed E-state index contributed by atoms with van der Waals surface area (Å²) >= 11 is 0. The topological polar surface area (TPSA) is 135 Å². The molecule has 0 aliphatic carbocycles. The normalized spacial score (nSPS) is 10.5. The molecule has 0 aliphatic heterocycles. The Balaban J connectivity index is 0. The van der Waals surface area contributed by atoms with Gasteiger partial charge in [0, 0.05) is 37.8 Å². The van der Waals surface area contributed by atoms with Crippen LogP contribution < -0.4 is 11.5 Å². The van der Waals surface area contributed by atoms with E-state index >= 15 is 0 Å². The number of aliphatic carboxylic acids is 1. The van der Waals surface area contributed by atoms with Crippen LogP contribution in [0.3, 0.4) is 0 Å². The van der Waals surface area contributed by atoms with E-state index in [0.29, 0.717) is 13.0 Å². The first-order chi connectivity index (χ1) is 7.61. The minimum atomic E-state index is -1.00. The van der Waals surface area contributed by atoms with E-state index < -0.39 is 12.0 Å². The fourth-order valence-electron chi connectivity index (χ4n) is 0.779. The first kappa shape index (κ1) is 18.3. The number of nitrogens with zero attached hydrogens (tertiary/aromatic N) is 1. The molecule has 0 bridgehead atoms. The summed E-state index contributed by atoms with van der Waals surface area (Å²) in [4.78, 5) is 26.0. The molecular weight excluding hydrogens is 278 g/mol. The van der Waals surface area contributed by atoms with Crippen molar-refractivity contribution in [2.45, 2.75) is 18.9 Å². The minimum absolute atomic E-state index is 0. The molecule has 0 saturated carbocycles. The molecule has 1 aromatic rings. The molecule has 0 spiro atoms. The Hall–Kier alpha value is -1.11. The zero-order valence-corrected chi connectivity index (χ0v) is 12.4. The zero-order valence-electron chi connectivity index (χ0n) is 9.43. The van der Waals surface area contributed by atoms with Crippen LogP contribution in [0.4, 0.5) is 0 Å². The van der Waals surface area contributed by atoms with E-state index in [4.69, 9.17) is 16.6 Å². The molecule has 0 aromatic carbocycles. The summed E-state index contributed by atoms with van der Waals surface area (Å²) < 4.78 is 0. The quantitative estimate of drug-likeness (QED) is 0.398. The molecule has 0 radical (unpaired) electrons. The second-order valence-electron chi connectivity index (χ2n) is 2.91. The van der Waals surface area contributed by atoms with Gasteiger partial charge < -0.3 is 26.4 Å². The summed E-state index contributed by atoms with van der Waals surface area (Å²) in [6, 6.07) is -0.851. The number of H-pyrrole nitrogens is 1. The van der Waals surface area contributed by atoms with E-state index in [0.717, 1.165) is 5.69 Å². The second-order valence-corrected chi connectivity index (χ2v) is 2.91. The molecule has 0 unspecified atom stereocenters. The molecule has 0 fully saturated rings. The molecule has 8 heteroatoms. The molecule has 1 rings (SSSR count). The van der Waals surface area contributed by atoms with Crippen LogP contribution in [0.2, 0.25) is 0 Å². The summed E-state index contributed by atoms with van der Waals surface area (Å²) in [6.45, 7) is 0.420. The Kier molecular flexibility index (Phi) is 12.2. The summed E-state index contributed by atoms with van der Waals surface area (Å²) in [5.41, 5.74) is 10.9. The van der Waals surface area contributed by atoms with E-state index in [-0.39, 0.29) is 25.9 Å². The Morgan fingerprint density at radius 3 is 2.59 bits per heavy atom. The maximum atomic E-state index is 10.3. The SMILES string of the molecule is NCC[C-]=O.N[C@@H](Cc1cnc[nH]1)C(=O)O.[Zn]. The van der Waals surface area contributed by atoms with Gasteiger partial charge in [-0.25, -0.2) is 4.98 Å². The molecule has 0 amide bonds. The van der Waals surface area contributed by atoms with Crippen molar-refractivity contribution < 1.29 is 34.2 Å². The van der Waals surface area contributed by atoms with Crippen LogP contribution >= 0.6 is 0 Å². The number of carbonyl (C=O) groups excluding carboxylic acids is 1. The number of hydrogen-bond acceptors (Lipinski definition) is 5. The summed E-state index contributed by atoms with van der Waals surface area (Å²) in [6.07, 6.45) is 5.34. The van der Waals surface area contributed by atoms with E-state index in [9.17, 15) is 9.59 Å². The number of nitrogens with two attached hydrogens (primary N) is 2. The fraction of sp³-hybridized carbons (Fsp3) is 0.444. The number of carboxylic acids is 1. The summed E-state index contributed by atoms with van der Waals surface area (Å²) in [5, 5.41) is 8.42. The molecule has 0 aliphatic rings. The van der Waals surface area contributed by atoms with E-state index in [1.165, 1.54) is 6.33 Å². The predicted molar refractivity (Wildman–Crippen MR) is 57.3 cm³/mol. The van der Waals surface area contributed by atoms with Crippen LogP contribution in [0.5, 0.6) is 0 Å². The number of aromatic nitrogens is 2. The van der Waals surface area contributed by atoms with Crippen molar-refractivity contribution in [3.05, 3.63) is 18.2 Å². The molecule has 1 atom stereocenters. The van der Waals surface area contributed by atoms with E-state index in [2.05, 4.69) is 9.97 Å². The number of rotatable bonds is 5. The standard InChI is InChI=1S/C6H9N3O2.C3H6NO.Zn/c7-5(6(10)11)1-4-2-8-3-9-4;4-2-1-3-5;/h2-3,5H,1,7H2,(H,8,9)(H,10,11);1-2,4H2;/q;-1;/t5-;;/m0../s1. The third kappa shape index (κ3) is 9.80. The smallest absolute Gasteiger partial charge is 0.320 e. The van der Waals surface area contributed by atoms with Crippen molar-refractivity contribution in [1.29, 1.82) is 0 Å². The van der Waals surface area contributed by atoms with Gasteiger partial charge in [0.2, 0.25) is 0 Å². The van der Waals surface area contributed by atoms with Crippen molar-refractivity contribution >= 4 is 12.3 Å². The molecule has 1 heterocycles. The molecule has 6 N–H and O–H groups in total. The van der Waals surface area contributed by atoms with Crippen LogP contribution in [0.25, 0.3) is 0 Å². The largest absolute Gasteiger partial charge is 0.542 e. The predicted octanol–water partition coefficient (Wildman–Crippen LogP) is -1.19. The number of nitrogens with one attached hydrogen (secondary N) is 1. The fourth-order valence-corrected chi connectivity index (χ4v) is 0.779. The summed E-state index contributed by atoms with van der Waals surface area (Å²) in [5.74, 6) is -1.00. The van der Waals surface area contributed by atoms with Gasteiger partial charge in [0.05, 0.1) is 6.33 Å². The van der Waals surface area contributed by atoms with Gasteiger partial charge in [-0.3, -0.25) is 11.1 Å². The van der Waals surface area contributed by atoms with Gasteiger partial charge in [0.15, 0.2) is 0 Å². The zero-order chi connectivity index (χ0) is 12.4.